The molecule has 0 aliphatic heterocycles. The number of hydrogen-bond acceptors (Lipinski definition) is 4. The summed E-state index contributed by atoms with van der Waals surface area (Å²) in [6, 6.07) is 10.4. The highest BCUT2D eigenvalue weighted by Crippen LogP contribution is 2.30. The maximum absolute atomic E-state index is 9.36. The van der Waals surface area contributed by atoms with Crippen LogP contribution in [0.15, 0.2) is 34.2 Å². The number of aryl methyl sites for hydroxylation is 2. The van der Waals surface area contributed by atoms with Crippen molar-refractivity contribution in [2.45, 2.75) is 36.7 Å². The zero-order chi connectivity index (χ0) is 15.2. The molecule has 1 N–H and O–H groups in total. The first-order chi connectivity index (χ1) is 10.1. The van der Waals surface area contributed by atoms with Crippen molar-refractivity contribution in [1.82, 2.24) is 15.1 Å². The Labute approximate surface area is 130 Å². The Morgan fingerprint density at radius 2 is 2.19 bits per heavy atom. The zero-order valence-electron chi connectivity index (χ0n) is 12.7. The second kappa shape index (κ2) is 7.30. The molecule has 2 rings (SSSR count). The summed E-state index contributed by atoms with van der Waals surface area (Å²) in [4.78, 5) is 0.972. The van der Waals surface area contributed by atoms with E-state index in [1.54, 1.807) is 11.8 Å². The van der Waals surface area contributed by atoms with Gasteiger partial charge in [-0.1, -0.05) is 24.8 Å². The van der Waals surface area contributed by atoms with Gasteiger partial charge in [-0.3, -0.25) is 4.68 Å². The van der Waals surface area contributed by atoms with Crippen LogP contribution in [0.5, 0.6) is 0 Å². The number of nitrogens with zero attached hydrogens (tertiary/aromatic N) is 3. The second-order valence-electron chi connectivity index (χ2n) is 4.97. The molecule has 1 aromatic carbocycles. The number of rotatable bonds is 6. The van der Waals surface area contributed by atoms with Crippen molar-refractivity contribution in [2.75, 3.05) is 6.54 Å². The second-order valence-corrected chi connectivity index (χ2v) is 6.03. The molecule has 4 nitrogen and oxygen atoms in total. The van der Waals surface area contributed by atoms with Gasteiger partial charge in [0.25, 0.3) is 0 Å². The van der Waals surface area contributed by atoms with Gasteiger partial charge in [-0.05, 0) is 43.7 Å². The van der Waals surface area contributed by atoms with E-state index in [1.807, 2.05) is 36.9 Å². The summed E-state index contributed by atoms with van der Waals surface area (Å²) in [5.74, 6) is 0. The fourth-order valence-electron chi connectivity index (χ4n) is 2.07. The molecule has 21 heavy (non-hydrogen) atoms. The van der Waals surface area contributed by atoms with Gasteiger partial charge < -0.3 is 5.32 Å². The number of nitriles is 1. The van der Waals surface area contributed by atoms with Gasteiger partial charge >= 0.3 is 0 Å². The summed E-state index contributed by atoms with van der Waals surface area (Å²) in [5.41, 5.74) is 2.85. The molecule has 110 valence electrons. The fourth-order valence-corrected chi connectivity index (χ4v) is 3.05. The topological polar surface area (TPSA) is 53.6 Å². The molecule has 0 amide bonds. The van der Waals surface area contributed by atoms with Gasteiger partial charge in [-0.15, -0.1) is 0 Å². The predicted octanol–water partition coefficient (Wildman–Crippen LogP) is 3.25. The molecule has 1 heterocycles. The molecule has 2 aromatic rings. The van der Waals surface area contributed by atoms with E-state index in [0.717, 1.165) is 46.3 Å². The molecular formula is C16H20N4S. The highest BCUT2D eigenvalue weighted by Gasteiger charge is 2.09. The average molecular weight is 300 g/mol. The molecule has 0 spiro atoms. The van der Waals surface area contributed by atoms with Crippen molar-refractivity contribution in [1.29, 1.82) is 5.26 Å². The number of hydrogen-bond donors (Lipinski definition) is 1. The molecule has 0 saturated heterocycles. The molecule has 0 bridgehead atoms. The summed E-state index contributed by atoms with van der Waals surface area (Å²) < 4.78 is 1.85. The first-order valence-corrected chi connectivity index (χ1v) is 7.88. The van der Waals surface area contributed by atoms with Gasteiger partial charge in [0.1, 0.15) is 6.07 Å². The molecule has 0 fully saturated rings. The minimum absolute atomic E-state index is 0.717. The van der Waals surface area contributed by atoms with Crippen molar-refractivity contribution in [3.63, 3.8) is 0 Å². The molecule has 1 aromatic heterocycles. The van der Waals surface area contributed by atoms with E-state index < -0.39 is 0 Å². The average Bonchev–Trinajstić information content (AvgIpc) is 2.78. The predicted molar refractivity (Wildman–Crippen MR) is 85.2 cm³/mol. The van der Waals surface area contributed by atoms with Crippen LogP contribution in [-0.2, 0) is 13.6 Å². The van der Waals surface area contributed by atoms with E-state index in [4.69, 9.17) is 0 Å². The van der Waals surface area contributed by atoms with Gasteiger partial charge in [0.05, 0.1) is 16.3 Å². The fraction of sp³-hybridized carbons (Fsp3) is 0.375. The molecule has 0 aliphatic carbocycles. The number of aromatic nitrogens is 2. The van der Waals surface area contributed by atoms with Gasteiger partial charge in [-0.25, -0.2) is 0 Å². The van der Waals surface area contributed by atoms with Crippen LogP contribution in [-0.4, -0.2) is 16.3 Å². The lowest BCUT2D eigenvalue weighted by Crippen LogP contribution is -2.13. The van der Waals surface area contributed by atoms with Crippen molar-refractivity contribution in [3.8, 4) is 6.07 Å². The standard InChI is InChI=1S/C16H20N4S/c1-4-7-18-11-13-5-6-15(14(9-13)10-17)21-16-8-12(2)19-20(16)3/h5-6,8-9,18H,4,7,11H2,1-3H3. The van der Waals surface area contributed by atoms with E-state index in [9.17, 15) is 5.26 Å². The van der Waals surface area contributed by atoms with Crippen LogP contribution in [0.1, 0.15) is 30.2 Å². The minimum Gasteiger partial charge on any atom is -0.313 e. The number of benzene rings is 1. The summed E-state index contributed by atoms with van der Waals surface area (Å²) >= 11 is 1.58. The summed E-state index contributed by atoms with van der Waals surface area (Å²) in [6.07, 6.45) is 1.11. The third kappa shape index (κ3) is 4.10. The van der Waals surface area contributed by atoms with E-state index in [1.165, 1.54) is 0 Å². The van der Waals surface area contributed by atoms with E-state index in [0.29, 0.717) is 0 Å². The molecular weight excluding hydrogens is 280 g/mol. The van der Waals surface area contributed by atoms with Gasteiger partial charge in [0.2, 0.25) is 0 Å². The van der Waals surface area contributed by atoms with E-state index >= 15 is 0 Å². The third-order valence-electron chi connectivity index (χ3n) is 3.09. The normalized spacial score (nSPS) is 10.6. The van der Waals surface area contributed by atoms with Gasteiger partial charge in [0, 0.05) is 18.5 Å². The Balaban J connectivity index is 2.17. The molecule has 5 heteroatoms. The lowest BCUT2D eigenvalue weighted by atomic mass is 10.1. The molecule has 0 aliphatic rings. The summed E-state index contributed by atoms with van der Waals surface area (Å²) in [5, 5.41) is 18.1. The van der Waals surface area contributed by atoms with Gasteiger partial charge in [0.15, 0.2) is 0 Å². The van der Waals surface area contributed by atoms with Crippen LogP contribution >= 0.6 is 11.8 Å². The lowest BCUT2D eigenvalue weighted by Gasteiger charge is -2.08. The van der Waals surface area contributed by atoms with Crippen LogP contribution in [0.2, 0.25) is 0 Å². The first kappa shape index (κ1) is 15.6. The highest BCUT2D eigenvalue weighted by atomic mass is 32.2. The maximum Gasteiger partial charge on any atom is 0.100 e. The molecule has 0 radical (unpaired) electrons. The largest absolute Gasteiger partial charge is 0.313 e. The maximum atomic E-state index is 9.36. The zero-order valence-corrected chi connectivity index (χ0v) is 13.5. The van der Waals surface area contributed by atoms with Crippen LogP contribution < -0.4 is 5.32 Å². The highest BCUT2D eigenvalue weighted by molar-refractivity contribution is 7.99. The lowest BCUT2D eigenvalue weighted by molar-refractivity contribution is 0.675. The first-order valence-electron chi connectivity index (χ1n) is 7.06. The van der Waals surface area contributed by atoms with Crippen molar-refractivity contribution in [3.05, 3.63) is 41.1 Å². The Morgan fingerprint density at radius 1 is 1.38 bits per heavy atom. The summed E-state index contributed by atoms with van der Waals surface area (Å²) in [6.45, 7) is 5.91. The quantitative estimate of drug-likeness (QED) is 0.832. The molecule has 0 unspecified atom stereocenters. The minimum atomic E-state index is 0.717. The van der Waals surface area contributed by atoms with Crippen LogP contribution in [0.3, 0.4) is 0 Å². The van der Waals surface area contributed by atoms with Crippen LogP contribution in [0, 0.1) is 18.3 Å². The molecule has 0 saturated carbocycles. The Kier molecular flexibility index (Phi) is 5.43. The summed E-state index contributed by atoms with van der Waals surface area (Å²) in [7, 11) is 1.92. The van der Waals surface area contributed by atoms with Crippen LogP contribution in [0.4, 0.5) is 0 Å². The van der Waals surface area contributed by atoms with E-state index in [2.05, 4.69) is 29.5 Å². The SMILES string of the molecule is CCCNCc1ccc(Sc2cc(C)nn2C)c(C#N)c1. The smallest absolute Gasteiger partial charge is 0.100 e. The Morgan fingerprint density at radius 3 is 2.81 bits per heavy atom. The Hall–Kier alpha value is -1.77. The van der Waals surface area contributed by atoms with Crippen molar-refractivity contribution < 1.29 is 0 Å². The number of nitrogens with one attached hydrogen (secondary N) is 1. The monoisotopic (exact) mass is 300 g/mol. The van der Waals surface area contributed by atoms with Gasteiger partial charge in [-0.2, -0.15) is 10.4 Å². The molecule has 0 atom stereocenters. The Bertz CT molecular complexity index is 655. The van der Waals surface area contributed by atoms with Crippen LogP contribution in [0.25, 0.3) is 0 Å². The van der Waals surface area contributed by atoms with E-state index in [-0.39, 0.29) is 0 Å². The van der Waals surface area contributed by atoms with Crippen molar-refractivity contribution >= 4 is 11.8 Å². The third-order valence-corrected chi connectivity index (χ3v) is 4.26. The van der Waals surface area contributed by atoms with Crippen molar-refractivity contribution in [2.24, 2.45) is 7.05 Å².